The maximum Gasteiger partial charge on any atom is 0.0511 e. The third-order valence-electron chi connectivity index (χ3n) is 4.10. The van der Waals surface area contributed by atoms with Crippen LogP contribution in [0.25, 0.3) is 0 Å². The molecule has 0 aromatic heterocycles. The van der Waals surface area contributed by atoms with Gasteiger partial charge >= 0.3 is 0 Å². The quantitative estimate of drug-likeness (QED) is 0.902. The Morgan fingerprint density at radius 3 is 2.82 bits per heavy atom. The second-order valence-electron chi connectivity index (χ2n) is 5.49. The van der Waals surface area contributed by atoms with Gasteiger partial charge in [0.05, 0.1) is 5.69 Å². The van der Waals surface area contributed by atoms with Crippen molar-refractivity contribution in [3.63, 3.8) is 0 Å². The van der Waals surface area contributed by atoms with Crippen LogP contribution in [0, 0.1) is 5.92 Å². The highest BCUT2D eigenvalue weighted by Gasteiger charge is 2.44. The number of benzene rings is 1. The molecule has 1 aromatic carbocycles. The Hall–Kier alpha value is -0.540. The molecule has 0 amide bonds. The number of para-hydroxylation sites is 1. The Morgan fingerprint density at radius 2 is 2.12 bits per heavy atom. The third kappa shape index (κ3) is 2.23. The van der Waals surface area contributed by atoms with Gasteiger partial charge in [-0.1, -0.05) is 12.1 Å². The zero-order valence-corrected chi connectivity index (χ0v) is 11.8. The fourth-order valence-electron chi connectivity index (χ4n) is 2.92. The molecule has 1 aliphatic carbocycles. The van der Waals surface area contributed by atoms with Gasteiger partial charge in [0.25, 0.3) is 0 Å². The molecule has 1 N–H and O–H groups in total. The number of halogens is 1. The van der Waals surface area contributed by atoms with E-state index in [-0.39, 0.29) is 0 Å². The van der Waals surface area contributed by atoms with Gasteiger partial charge in [0.15, 0.2) is 0 Å². The highest BCUT2D eigenvalue weighted by Crippen LogP contribution is 2.41. The predicted octanol–water partition coefficient (Wildman–Crippen LogP) is 3.03. The molecular formula is C14H19BrN2. The summed E-state index contributed by atoms with van der Waals surface area (Å²) in [5.74, 6) is 0.882. The van der Waals surface area contributed by atoms with E-state index in [0.717, 1.165) is 25.6 Å². The first kappa shape index (κ1) is 11.5. The van der Waals surface area contributed by atoms with E-state index < -0.39 is 0 Å². The summed E-state index contributed by atoms with van der Waals surface area (Å²) in [5, 5.41) is 3.72. The van der Waals surface area contributed by atoms with Gasteiger partial charge in [-0.05, 0) is 53.7 Å². The number of nitrogens with one attached hydrogen (secondary N) is 1. The molecule has 2 aliphatic rings. The van der Waals surface area contributed by atoms with E-state index in [0.29, 0.717) is 5.54 Å². The zero-order chi connectivity index (χ0) is 11.9. The van der Waals surface area contributed by atoms with Gasteiger partial charge in [0, 0.05) is 29.6 Å². The van der Waals surface area contributed by atoms with Crippen LogP contribution in [-0.2, 0) is 0 Å². The van der Waals surface area contributed by atoms with Crippen LogP contribution in [0.4, 0.5) is 5.69 Å². The molecule has 0 radical (unpaired) electrons. The molecule has 17 heavy (non-hydrogen) atoms. The molecule has 2 nitrogen and oxygen atoms in total. The van der Waals surface area contributed by atoms with Crippen LogP contribution in [-0.4, -0.2) is 25.2 Å². The summed E-state index contributed by atoms with van der Waals surface area (Å²) in [6.07, 6.45) is 2.79. The Bertz CT molecular complexity index is 416. The maximum atomic E-state index is 3.72. The molecule has 1 heterocycles. The lowest BCUT2D eigenvalue weighted by Crippen LogP contribution is -2.60. The SMILES string of the molecule is CC1(C2CC2)CN(c2ccccc2Br)CCN1. The molecule has 1 aliphatic heterocycles. The summed E-state index contributed by atoms with van der Waals surface area (Å²) in [7, 11) is 0. The maximum absolute atomic E-state index is 3.72. The number of nitrogens with zero attached hydrogens (tertiary/aromatic N) is 1. The molecule has 3 heteroatoms. The minimum absolute atomic E-state index is 0.313. The van der Waals surface area contributed by atoms with Gasteiger partial charge < -0.3 is 10.2 Å². The molecule has 0 spiro atoms. The zero-order valence-electron chi connectivity index (χ0n) is 10.2. The summed E-state index contributed by atoms with van der Waals surface area (Å²) < 4.78 is 1.21. The predicted molar refractivity (Wildman–Crippen MR) is 75.5 cm³/mol. The minimum atomic E-state index is 0.313. The Balaban J connectivity index is 1.82. The van der Waals surface area contributed by atoms with Crippen molar-refractivity contribution >= 4 is 21.6 Å². The number of hydrogen-bond acceptors (Lipinski definition) is 2. The van der Waals surface area contributed by atoms with Crippen molar-refractivity contribution in [1.29, 1.82) is 0 Å². The number of anilines is 1. The molecule has 1 unspecified atom stereocenters. The summed E-state index contributed by atoms with van der Waals surface area (Å²) in [4.78, 5) is 2.51. The fourth-order valence-corrected chi connectivity index (χ4v) is 3.45. The summed E-state index contributed by atoms with van der Waals surface area (Å²) in [6, 6.07) is 8.54. The van der Waals surface area contributed by atoms with Crippen LogP contribution < -0.4 is 10.2 Å². The molecule has 1 aromatic rings. The lowest BCUT2D eigenvalue weighted by Gasteiger charge is -2.43. The van der Waals surface area contributed by atoms with Crippen molar-refractivity contribution in [2.75, 3.05) is 24.5 Å². The van der Waals surface area contributed by atoms with Gasteiger partial charge in [0.2, 0.25) is 0 Å². The summed E-state index contributed by atoms with van der Waals surface area (Å²) in [5.41, 5.74) is 1.65. The molecule has 1 saturated heterocycles. The van der Waals surface area contributed by atoms with Gasteiger partial charge in [-0.2, -0.15) is 0 Å². The van der Waals surface area contributed by atoms with Gasteiger partial charge in [-0.15, -0.1) is 0 Å². The van der Waals surface area contributed by atoms with Crippen LogP contribution in [0.2, 0.25) is 0 Å². The van der Waals surface area contributed by atoms with Gasteiger partial charge in [-0.3, -0.25) is 0 Å². The van der Waals surface area contributed by atoms with Crippen molar-refractivity contribution in [2.24, 2.45) is 5.92 Å². The minimum Gasteiger partial charge on any atom is -0.367 e. The largest absolute Gasteiger partial charge is 0.367 e. The molecule has 1 atom stereocenters. The van der Waals surface area contributed by atoms with E-state index in [9.17, 15) is 0 Å². The van der Waals surface area contributed by atoms with Crippen molar-refractivity contribution in [1.82, 2.24) is 5.32 Å². The molecule has 92 valence electrons. The van der Waals surface area contributed by atoms with Gasteiger partial charge in [0.1, 0.15) is 0 Å². The monoisotopic (exact) mass is 294 g/mol. The van der Waals surface area contributed by atoms with E-state index in [1.165, 1.54) is 23.0 Å². The van der Waals surface area contributed by atoms with E-state index in [1.54, 1.807) is 0 Å². The molecule has 1 saturated carbocycles. The topological polar surface area (TPSA) is 15.3 Å². The van der Waals surface area contributed by atoms with E-state index >= 15 is 0 Å². The summed E-state index contributed by atoms with van der Waals surface area (Å²) >= 11 is 3.66. The lowest BCUT2D eigenvalue weighted by molar-refractivity contribution is 0.285. The van der Waals surface area contributed by atoms with E-state index in [2.05, 4.69) is 57.3 Å². The van der Waals surface area contributed by atoms with Crippen LogP contribution in [0.1, 0.15) is 19.8 Å². The first-order valence-electron chi connectivity index (χ1n) is 6.43. The normalized spacial score (nSPS) is 29.4. The Morgan fingerprint density at radius 1 is 1.35 bits per heavy atom. The second kappa shape index (κ2) is 4.29. The lowest BCUT2D eigenvalue weighted by atomic mass is 9.92. The summed E-state index contributed by atoms with van der Waals surface area (Å²) in [6.45, 7) is 5.70. The van der Waals surface area contributed by atoms with Crippen LogP contribution in [0.3, 0.4) is 0 Å². The number of piperazine rings is 1. The second-order valence-corrected chi connectivity index (χ2v) is 6.35. The Kier molecular flexibility index (Phi) is 2.91. The number of rotatable bonds is 2. The third-order valence-corrected chi connectivity index (χ3v) is 4.77. The molecule has 3 rings (SSSR count). The van der Waals surface area contributed by atoms with Gasteiger partial charge in [-0.25, -0.2) is 0 Å². The van der Waals surface area contributed by atoms with Crippen LogP contribution in [0.5, 0.6) is 0 Å². The van der Waals surface area contributed by atoms with Crippen molar-refractivity contribution < 1.29 is 0 Å². The molecular weight excluding hydrogens is 276 g/mol. The highest BCUT2D eigenvalue weighted by atomic mass is 79.9. The average Bonchev–Trinajstić information content (AvgIpc) is 3.14. The fraction of sp³-hybridized carbons (Fsp3) is 0.571. The molecule has 2 fully saturated rings. The highest BCUT2D eigenvalue weighted by molar-refractivity contribution is 9.10. The average molecular weight is 295 g/mol. The standard InChI is InChI=1S/C14H19BrN2/c1-14(11-6-7-11)10-17(9-8-16-14)13-5-3-2-4-12(13)15/h2-5,11,16H,6-10H2,1H3. The first-order valence-corrected chi connectivity index (χ1v) is 7.23. The first-order chi connectivity index (χ1) is 8.19. The van der Waals surface area contributed by atoms with E-state index in [1.807, 2.05) is 0 Å². The van der Waals surface area contributed by atoms with E-state index in [4.69, 9.17) is 0 Å². The number of hydrogen-bond donors (Lipinski definition) is 1. The Labute approximate surface area is 112 Å². The van der Waals surface area contributed by atoms with Crippen LogP contribution in [0.15, 0.2) is 28.7 Å². The molecule has 0 bridgehead atoms. The van der Waals surface area contributed by atoms with Crippen molar-refractivity contribution in [2.45, 2.75) is 25.3 Å². The van der Waals surface area contributed by atoms with Crippen molar-refractivity contribution in [3.05, 3.63) is 28.7 Å². The van der Waals surface area contributed by atoms with Crippen molar-refractivity contribution in [3.8, 4) is 0 Å². The smallest absolute Gasteiger partial charge is 0.0511 e. The van der Waals surface area contributed by atoms with Crippen LogP contribution >= 0.6 is 15.9 Å².